The molecule has 76 valence electrons. The maximum absolute atomic E-state index is 11.2. The lowest BCUT2D eigenvalue weighted by molar-refractivity contribution is -0.137. The Morgan fingerprint density at radius 3 is 2.71 bits per heavy atom. The lowest BCUT2D eigenvalue weighted by Crippen LogP contribution is -2.31. The molecule has 2 N–H and O–H groups in total. The van der Waals surface area contributed by atoms with E-state index in [1.165, 1.54) is 10.6 Å². The first-order valence-electron chi connectivity index (χ1n) is 4.03. The number of carbonyl (C=O) groups is 1. The molecule has 0 amide bonds. The van der Waals surface area contributed by atoms with Crippen LogP contribution in [-0.4, -0.2) is 20.6 Å². The van der Waals surface area contributed by atoms with Gasteiger partial charge in [-0.15, -0.1) is 0 Å². The van der Waals surface area contributed by atoms with E-state index in [1.807, 2.05) is 0 Å². The molecule has 6 nitrogen and oxygen atoms in total. The van der Waals surface area contributed by atoms with Crippen LogP contribution in [0.25, 0.3) is 0 Å². The monoisotopic (exact) mass is 198 g/mol. The third kappa shape index (κ3) is 2.32. The predicted octanol–water partition coefficient (Wildman–Crippen LogP) is -0.680. The van der Waals surface area contributed by atoms with Gasteiger partial charge < -0.3 is 5.11 Å². The third-order valence-corrected chi connectivity index (χ3v) is 1.79. The molecular formula is C8H10N2O4. The number of aromatic amines is 1. The minimum atomic E-state index is -0.984. The average Bonchev–Trinajstić information content (AvgIpc) is 2.01. The Kier molecular flexibility index (Phi) is 2.85. The van der Waals surface area contributed by atoms with Crippen LogP contribution in [0.2, 0.25) is 0 Å². The maximum Gasteiger partial charge on any atom is 0.328 e. The Morgan fingerprint density at radius 1 is 1.57 bits per heavy atom. The molecule has 6 heteroatoms. The largest absolute Gasteiger partial charge is 0.481 e. The number of nitrogens with zero attached hydrogens (tertiary/aromatic N) is 1. The van der Waals surface area contributed by atoms with Gasteiger partial charge in [0.1, 0.15) is 0 Å². The van der Waals surface area contributed by atoms with E-state index >= 15 is 0 Å². The Balaban J connectivity index is 3.03. The topological polar surface area (TPSA) is 92.2 Å². The van der Waals surface area contributed by atoms with E-state index in [-0.39, 0.29) is 13.0 Å². The van der Waals surface area contributed by atoms with E-state index in [2.05, 4.69) is 4.98 Å². The highest BCUT2D eigenvalue weighted by atomic mass is 16.4. The number of aliphatic carboxylic acids is 1. The van der Waals surface area contributed by atoms with Gasteiger partial charge in [-0.1, -0.05) is 0 Å². The molecule has 0 radical (unpaired) electrons. The van der Waals surface area contributed by atoms with Gasteiger partial charge in [-0.05, 0) is 6.92 Å². The Bertz CT molecular complexity index is 457. The van der Waals surface area contributed by atoms with Gasteiger partial charge in [0.15, 0.2) is 0 Å². The smallest absolute Gasteiger partial charge is 0.328 e. The van der Waals surface area contributed by atoms with Crippen LogP contribution in [0.15, 0.2) is 15.7 Å². The van der Waals surface area contributed by atoms with Crippen LogP contribution in [0.1, 0.15) is 12.1 Å². The quantitative estimate of drug-likeness (QED) is 0.673. The molecule has 0 bridgehead atoms. The number of hydrogen-bond acceptors (Lipinski definition) is 3. The van der Waals surface area contributed by atoms with Crippen LogP contribution in [0.4, 0.5) is 0 Å². The van der Waals surface area contributed by atoms with Crippen molar-refractivity contribution in [2.75, 3.05) is 0 Å². The maximum atomic E-state index is 11.2. The summed E-state index contributed by atoms with van der Waals surface area (Å²) in [5.74, 6) is -0.984. The van der Waals surface area contributed by atoms with Gasteiger partial charge in [-0.3, -0.25) is 19.1 Å². The highest BCUT2D eigenvalue weighted by Crippen LogP contribution is 1.91. The highest BCUT2D eigenvalue weighted by Gasteiger charge is 2.03. The van der Waals surface area contributed by atoms with Crippen LogP contribution in [0, 0.1) is 6.92 Å². The second-order valence-corrected chi connectivity index (χ2v) is 2.88. The fourth-order valence-electron chi connectivity index (χ4n) is 1.12. The van der Waals surface area contributed by atoms with Crippen LogP contribution in [0.3, 0.4) is 0 Å². The molecule has 1 aromatic rings. The van der Waals surface area contributed by atoms with Gasteiger partial charge in [-0.2, -0.15) is 0 Å². The molecule has 1 aromatic heterocycles. The molecule has 14 heavy (non-hydrogen) atoms. The summed E-state index contributed by atoms with van der Waals surface area (Å²) in [5, 5.41) is 8.42. The van der Waals surface area contributed by atoms with E-state index < -0.39 is 17.2 Å². The number of carboxylic acid groups (broad SMARTS) is 1. The van der Waals surface area contributed by atoms with Gasteiger partial charge in [0, 0.05) is 18.3 Å². The molecule has 1 rings (SSSR count). The fourth-order valence-corrected chi connectivity index (χ4v) is 1.12. The standard InChI is InChI=1S/C8H10N2O4/c1-5-4-6(11)9-8(14)10(5)3-2-7(12)13/h4H,2-3H2,1H3,(H,12,13)(H,9,11,14). The molecule has 0 aliphatic rings. The number of H-pyrrole nitrogens is 1. The van der Waals surface area contributed by atoms with Crippen LogP contribution in [0.5, 0.6) is 0 Å². The lowest BCUT2D eigenvalue weighted by atomic mass is 10.4. The molecule has 0 saturated heterocycles. The summed E-state index contributed by atoms with van der Waals surface area (Å²) in [7, 11) is 0. The van der Waals surface area contributed by atoms with E-state index in [9.17, 15) is 14.4 Å². The zero-order valence-electron chi connectivity index (χ0n) is 7.61. The molecule has 0 aliphatic heterocycles. The summed E-state index contributed by atoms with van der Waals surface area (Å²) in [6.07, 6.45) is -0.146. The van der Waals surface area contributed by atoms with Gasteiger partial charge >= 0.3 is 11.7 Å². The zero-order valence-corrected chi connectivity index (χ0v) is 7.61. The van der Waals surface area contributed by atoms with Crippen molar-refractivity contribution in [3.63, 3.8) is 0 Å². The minimum absolute atomic E-state index is 0.0663. The number of nitrogens with one attached hydrogen (secondary N) is 1. The van der Waals surface area contributed by atoms with Crippen LogP contribution < -0.4 is 11.2 Å². The molecule has 0 aliphatic carbocycles. The minimum Gasteiger partial charge on any atom is -0.481 e. The molecular weight excluding hydrogens is 188 g/mol. The fraction of sp³-hybridized carbons (Fsp3) is 0.375. The number of aryl methyl sites for hydroxylation is 1. The van der Waals surface area contributed by atoms with Crippen LogP contribution >= 0.6 is 0 Å². The summed E-state index contributed by atoms with van der Waals surface area (Å²) in [5.41, 5.74) is -0.588. The molecule has 0 spiro atoms. The van der Waals surface area contributed by atoms with E-state index in [4.69, 9.17) is 5.11 Å². The van der Waals surface area contributed by atoms with Gasteiger partial charge in [0.05, 0.1) is 6.42 Å². The van der Waals surface area contributed by atoms with Gasteiger partial charge in [-0.25, -0.2) is 4.79 Å². The normalized spacial score (nSPS) is 10.1. The second kappa shape index (κ2) is 3.91. The Labute approximate surface area is 78.8 Å². The van der Waals surface area contributed by atoms with Crippen molar-refractivity contribution in [1.82, 2.24) is 9.55 Å². The van der Waals surface area contributed by atoms with Crippen molar-refractivity contribution in [2.45, 2.75) is 19.9 Å². The average molecular weight is 198 g/mol. The van der Waals surface area contributed by atoms with Crippen LogP contribution in [-0.2, 0) is 11.3 Å². The van der Waals surface area contributed by atoms with E-state index in [0.29, 0.717) is 5.69 Å². The van der Waals surface area contributed by atoms with E-state index in [0.717, 1.165) is 0 Å². The molecule has 0 saturated carbocycles. The van der Waals surface area contributed by atoms with Crippen molar-refractivity contribution in [2.24, 2.45) is 0 Å². The Hall–Kier alpha value is -1.85. The van der Waals surface area contributed by atoms with Crippen molar-refractivity contribution in [3.05, 3.63) is 32.6 Å². The molecule has 0 fully saturated rings. The van der Waals surface area contributed by atoms with Crippen molar-refractivity contribution < 1.29 is 9.90 Å². The second-order valence-electron chi connectivity index (χ2n) is 2.88. The molecule has 1 heterocycles. The van der Waals surface area contributed by atoms with Crippen molar-refractivity contribution >= 4 is 5.97 Å². The number of rotatable bonds is 3. The molecule has 0 atom stereocenters. The first-order valence-corrected chi connectivity index (χ1v) is 4.03. The SMILES string of the molecule is Cc1cc(=O)[nH]c(=O)n1CCC(=O)O. The summed E-state index contributed by atoms with van der Waals surface area (Å²) in [6, 6.07) is 1.25. The summed E-state index contributed by atoms with van der Waals surface area (Å²) in [4.78, 5) is 34.3. The summed E-state index contributed by atoms with van der Waals surface area (Å²) < 4.78 is 1.22. The van der Waals surface area contributed by atoms with Gasteiger partial charge in [0.25, 0.3) is 5.56 Å². The highest BCUT2D eigenvalue weighted by molar-refractivity contribution is 5.66. The van der Waals surface area contributed by atoms with Gasteiger partial charge in [0.2, 0.25) is 0 Å². The number of carboxylic acids is 1. The van der Waals surface area contributed by atoms with Crippen molar-refractivity contribution in [1.29, 1.82) is 0 Å². The first kappa shape index (κ1) is 10.2. The zero-order chi connectivity index (χ0) is 10.7. The molecule has 0 aromatic carbocycles. The lowest BCUT2D eigenvalue weighted by Gasteiger charge is -2.05. The third-order valence-electron chi connectivity index (χ3n) is 1.79. The summed E-state index contributed by atoms with van der Waals surface area (Å²) >= 11 is 0. The first-order chi connectivity index (χ1) is 6.50. The Morgan fingerprint density at radius 2 is 2.21 bits per heavy atom. The van der Waals surface area contributed by atoms with Crippen molar-refractivity contribution in [3.8, 4) is 0 Å². The number of hydrogen-bond donors (Lipinski definition) is 2. The van der Waals surface area contributed by atoms with E-state index in [1.54, 1.807) is 6.92 Å². The predicted molar refractivity (Wildman–Crippen MR) is 48.3 cm³/mol. The molecule has 0 unspecified atom stereocenters. The summed E-state index contributed by atoms with van der Waals surface area (Å²) in [6.45, 7) is 1.65. The number of aromatic nitrogens is 2.